The van der Waals surface area contributed by atoms with Gasteiger partial charge >= 0.3 is 5.97 Å². The van der Waals surface area contributed by atoms with E-state index in [1.54, 1.807) is 26.1 Å². The normalized spacial score (nSPS) is 11.0. The van der Waals surface area contributed by atoms with Gasteiger partial charge in [-0.3, -0.25) is 4.79 Å². The van der Waals surface area contributed by atoms with Gasteiger partial charge in [0.25, 0.3) is 5.91 Å². The largest absolute Gasteiger partial charge is 0.471 e. The van der Waals surface area contributed by atoms with E-state index in [4.69, 9.17) is 9.47 Å². The zero-order valence-corrected chi connectivity index (χ0v) is 13.6. The van der Waals surface area contributed by atoms with Crippen molar-refractivity contribution in [2.45, 2.75) is 20.6 Å². The molecule has 1 N–H and O–H groups in total. The third kappa shape index (κ3) is 5.28. The molecule has 2 rings (SSSR count). The average Bonchev–Trinajstić information content (AvgIpc) is 3.03. The van der Waals surface area contributed by atoms with Gasteiger partial charge < -0.3 is 14.8 Å². The molecule has 0 bridgehead atoms. The van der Waals surface area contributed by atoms with E-state index in [1.807, 2.05) is 30.3 Å². The highest BCUT2D eigenvalue weighted by Gasteiger charge is 2.10. The molecule has 0 atom stereocenters. The molecule has 7 heteroatoms. The van der Waals surface area contributed by atoms with Crippen molar-refractivity contribution >= 4 is 11.9 Å². The fourth-order valence-corrected chi connectivity index (χ4v) is 1.85. The second kappa shape index (κ2) is 8.52. The van der Waals surface area contributed by atoms with Gasteiger partial charge in [0.1, 0.15) is 5.75 Å². The molecule has 0 spiro atoms. The molecule has 24 heavy (non-hydrogen) atoms. The first-order chi connectivity index (χ1) is 11.6. The van der Waals surface area contributed by atoms with E-state index in [0.29, 0.717) is 11.4 Å². The van der Waals surface area contributed by atoms with Gasteiger partial charge in [0.05, 0.1) is 6.61 Å². The topological polar surface area (TPSA) is 82.5 Å². The quantitative estimate of drug-likeness (QED) is 0.621. The standard InChI is InChI=1S/C17H19N3O4/c1-3-23-16(21)11-13(2)18-17(22)15-9-10-20(19-15)12-24-14-7-5-4-6-8-14/h4-11H,3,12H2,1-2H3,(H,18,22)/b13-11+. The Bertz CT molecular complexity index is 722. The molecule has 0 saturated carbocycles. The van der Waals surface area contributed by atoms with Gasteiger partial charge in [-0.05, 0) is 32.0 Å². The Kier molecular flexibility index (Phi) is 6.13. The molecule has 0 aliphatic carbocycles. The number of aromatic nitrogens is 2. The molecule has 0 radical (unpaired) electrons. The molecule has 7 nitrogen and oxygen atoms in total. The third-order valence-electron chi connectivity index (χ3n) is 2.91. The number of carbonyl (C=O) groups excluding carboxylic acids is 2. The van der Waals surface area contributed by atoms with E-state index in [2.05, 4.69) is 10.4 Å². The third-order valence-corrected chi connectivity index (χ3v) is 2.91. The maximum absolute atomic E-state index is 12.1. The minimum absolute atomic E-state index is 0.189. The van der Waals surface area contributed by atoms with Crippen molar-refractivity contribution in [1.82, 2.24) is 15.1 Å². The van der Waals surface area contributed by atoms with E-state index >= 15 is 0 Å². The smallest absolute Gasteiger partial charge is 0.332 e. The zero-order valence-electron chi connectivity index (χ0n) is 13.6. The Balaban J connectivity index is 1.90. The fourth-order valence-electron chi connectivity index (χ4n) is 1.85. The molecular formula is C17H19N3O4. The van der Waals surface area contributed by atoms with E-state index in [9.17, 15) is 9.59 Å². The molecule has 1 heterocycles. The number of esters is 1. The van der Waals surface area contributed by atoms with Crippen LogP contribution in [0.15, 0.2) is 54.4 Å². The first-order valence-electron chi connectivity index (χ1n) is 7.46. The number of nitrogens with zero attached hydrogens (tertiary/aromatic N) is 2. The van der Waals surface area contributed by atoms with Crippen LogP contribution in [0.4, 0.5) is 0 Å². The van der Waals surface area contributed by atoms with E-state index < -0.39 is 11.9 Å². The second-order valence-corrected chi connectivity index (χ2v) is 4.86. The molecular weight excluding hydrogens is 310 g/mol. The lowest BCUT2D eigenvalue weighted by Crippen LogP contribution is -2.23. The summed E-state index contributed by atoms with van der Waals surface area (Å²) in [5, 5.41) is 6.71. The van der Waals surface area contributed by atoms with E-state index in [0.717, 1.165) is 0 Å². The Hall–Kier alpha value is -3.09. The Morgan fingerprint density at radius 1 is 1.25 bits per heavy atom. The monoisotopic (exact) mass is 329 g/mol. The average molecular weight is 329 g/mol. The number of hydrogen-bond donors (Lipinski definition) is 1. The number of benzene rings is 1. The zero-order chi connectivity index (χ0) is 17.4. The summed E-state index contributed by atoms with van der Waals surface area (Å²) in [6.45, 7) is 3.78. The van der Waals surface area contributed by atoms with Crippen LogP contribution in [0, 0.1) is 0 Å². The lowest BCUT2D eigenvalue weighted by molar-refractivity contribution is -0.137. The van der Waals surface area contributed by atoms with Crippen molar-refractivity contribution in [2.24, 2.45) is 0 Å². The van der Waals surface area contributed by atoms with Gasteiger partial charge in [0, 0.05) is 18.0 Å². The summed E-state index contributed by atoms with van der Waals surface area (Å²) in [5.74, 6) is -0.198. The highest BCUT2D eigenvalue weighted by atomic mass is 16.5. The van der Waals surface area contributed by atoms with Gasteiger partial charge in [-0.15, -0.1) is 0 Å². The number of ether oxygens (including phenoxy) is 2. The Morgan fingerprint density at radius 3 is 2.71 bits per heavy atom. The van der Waals surface area contributed by atoms with Crippen LogP contribution in [0.25, 0.3) is 0 Å². The molecule has 0 aliphatic rings. The SMILES string of the molecule is CCOC(=O)/C=C(\C)NC(=O)c1ccn(COc2ccccc2)n1. The molecule has 0 aliphatic heterocycles. The van der Waals surface area contributed by atoms with Crippen LogP contribution in [0.5, 0.6) is 5.75 Å². The molecule has 2 aromatic rings. The van der Waals surface area contributed by atoms with Crippen molar-refractivity contribution in [2.75, 3.05) is 6.61 Å². The molecule has 1 aromatic heterocycles. The summed E-state index contributed by atoms with van der Waals surface area (Å²) < 4.78 is 11.8. The van der Waals surface area contributed by atoms with Crippen LogP contribution in [0.3, 0.4) is 0 Å². The maximum atomic E-state index is 12.1. The molecule has 0 fully saturated rings. The highest BCUT2D eigenvalue weighted by Crippen LogP contribution is 2.09. The molecule has 1 amide bonds. The number of nitrogens with one attached hydrogen (secondary N) is 1. The minimum atomic E-state index is -0.503. The van der Waals surface area contributed by atoms with Crippen molar-refractivity contribution in [3.8, 4) is 5.75 Å². The number of carbonyl (C=O) groups is 2. The van der Waals surface area contributed by atoms with E-state index in [1.165, 1.54) is 10.8 Å². The summed E-state index contributed by atoms with van der Waals surface area (Å²) in [6.07, 6.45) is 2.86. The van der Waals surface area contributed by atoms with Crippen LogP contribution in [0.2, 0.25) is 0 Å². The highest BCUT2D eigenvalue weighted by molar-refractivity contribution is 5.94. The number of hydrogen-bond acceptors (Lipinski definition) is 5. The minimum Gasteiger partial charge on any atom is -0.471 e. The van der Waals surface area contributed by atoms with Crippen molar-refractivity contribution in [1.29, 1.82) is 0 Å². The van der Waals surface area contributed by atoms with Crippen LogP contribution >= 0.6 is 0 Å². The van der Waals surface area contributed by atoms with E-state index in [-0.39, 0.29) is 19.0 Å². The number of amides is 1. The first kappa shape index (κ1) is 17.3. The lowest BCUT2D eigenvalue weighted by Gasteiger charge is -2.06. The number of para-hydroxylation sites is 1. The van der Waals surface area contributed by atoms with Gasteiger partial charge in [0.2, 0.25) is 0 Å². The Labute approximate surface area is 139 Å². The van der Waals surface area contributed by atoms with Gasteiger partial charge in [0.15, 0.2) is 12.4 Å². The summed E-state index contributed by atoms with van der Waals surface area (Å²) in [5.41, 5.74) is 0.608. The van der Waals surface area contributed by atoms with Crippen molar-refractivity contribution in [3.05, 3.63) is 60.1 Å². The lowest BCUT2D eigenvalue weighted by atomic mass is 10.3. The van der Waals surface area contributed by atoms with Crippen LogP contribution in [-0.4, -0.2) is 28.3 Å². The summed E-state index contributed by atoms with van der Waals surface area (Å²) in [7, 11) is 0. The predicted octanol–water partition coefficient (Wildman–Crippen LogP) is 2.12. The van der Waals surface area contributed by atoms with Crippen LogP contribution in [-0.2, 0) is 16.3 Å². The molecule has 126 valence electrons. The predicted molar refractivity (Wildman–Crippen MR) is 87.2 cm³/mol. The number of rotatable bonds is 7. The molecule has 0 saturated heterocycles. The van der Waals surface area contributed by atoms with Gasteiger partial charge in [-0.1, -0.05) is 18.2 Å². The Morgan fingerprint density at radius 2 is 2.00 bits per heavy atom. The first-order valence-corrected chi connectivity index (χ1v) is 7.46. The van der Waals surface area contributed by atoms with Crippen molar-refractivity contribution < 1.29 is 19.1 Å². The van der Waals surface area contributed by atoms with Gasteiger partial charge in [-0.25, -0.2) is 9.48 Å². The summed E-state index contributed by atoms with van der Waals surface area (Å²) in [4.78, 5) is 23.4. The molecule has 1 aromatic carbocycles. The molecule has 0 unspecified atom stereocenters. The maximum Gasteiger partial charge on any atom is 0.332 e. The fraction of sp³-hybridized carbons (Fsp3) is 0.235. The summed E-state index contributed by atoms with van der Waals surface area (Å²) >= 11 is 0. The van der Waals surface area contributed by atoms with Crippen molar-refractivity contribution in [3.63, 3.8) is 0 Å². The summed E-state index contributed by atoms with van der Waals surface area (Å²) in [6, 6.07) is 10.9. The second-order valence-electron chi connectivity index (χ2n) is 4.86. The van der Waals surface area contributed by atoms with Crippen LogP contribution in [0.1, 0.15) is 24.3 Å². The van der Waals surface area contributed by atoms with Gasteiger partial charge in [-0.2, -0.15) is 5.10 Å². The van der Waals surface area contributed by atoms with Crippen LogP contribution < -0.4 is 10.1 Å². The number of allylic oxidation sites excluding steroid dienone is 1.